The maximum atomic E-state index is 12.4. The molecule has 0 saturated carbocycles. The molecule has 3 rings (SSSR count). The maximum Gasteiger partial charge on any atom is 0.229 e. The summed E-state index contributed by atoms with van der Waals surface area (Å²) in [5.74, 6) is 1.52. The maximum absolute atomic E-state index is 12.4. The van der Waals surface area contributed by atoms with Crippen LogP contribution < -0.4 is 4.90 Å². The molecule has 1 amide bonds. The number of aryl methyl sites for hydroxylation is 1. The molecule has 5 heteroatoms. The van der Waals surface area contributed by atoms with Crippen LogP contribution in [0.3, 0.4) is 0 Å². The first-order valence-electron chi connectivity index (χ1n) is 7.31. The molecule has 0 spiro atoms. The first-order chi connectivity index (χ1) is 9.65. The fraction of sp³-hybridized carbons (Fsp3) is 0.600. The minimum absolute atomic E-state index is 0.165. The summed E-state index contributed by atoms with van der Waals surface area (Å²) in [6.07, 6.45) is 5.41. The Balaban J connectivity index is 1.59. The second kappa shape index (κ2) is 5.72. The number of carbonyl (C=O) groups is 1. The molecule has 0 N–H and O–H groups in total. The van der Waals surface area contributed by atoms with Gasteiger partial charge < -0.3 is 9.80 Å². The average Bonchev–Trinajstić information content (AvgIpc) is 2.40. The number of halogens is 1. The van der Waals surface area contributed by atoms with Gasteiger partial charge in [-0.2, -0.15) is 0 Å². The number of anilines is 1. The summed E-state index contributed by atoms with van der Waals surface area (Å²) in [5.41, 5.74) is 1.16. The number of amides is 1. The summed E-state index contributed by atoms with van der Waals surface area (Å²) in [7, 11) is 0. The van der Waals surface area contributed by atoms with E-state index in [1.165, 1.54) is 6.42 Å². The first-order valence-corrected chi connectivity index (χ1v) is 8.10. The number of aromatic nitrogens is 1. The van der Waals surface area contributed by atoms with E-state index in [0.717, 1.165) is 54.9 Å². The molecule has 0 atom stereocenters. The van der Waals surface area contributed by atoms with Crippen molar-refractivity contribution < 1.29 is 4.79 Å². The van der Waals surface area contributed by atoms with Crippen molar-refractivity contribution in [3.8, 4) is 0 Å². The van der Waals surface area contributed by atoms with Crippen molar-refractivity contribution in [2.75, 3.05) is 31.1 Å². The molecule has 1 aromatic rings. The highest BCUT2D eigenvalue weighted by atomic mass is 79.9. The standard InChI is InChI=1S/C15H20BrN3O/c1-11-7-13(16)8-17-14(11)19-9-12(10-19)15(20)18-5-3-2-4-6-18/h7-8,12H,2-6,9-10H2,1H3. The number of pyridine rings is 1. The van der Waals surface area contributed by atoms with Crippen molar-refractivity contribution in [2.24, 2.45) is 5.92 Å². The van der Waals surface area contributed by atoms with Crippen LogP contribution in [0.4, 0.5) is 5.82 Å². The van der Waals surface area contributed by atoms with Crippen LogP contribution in [0.5, 0.6) is 0 Å². The van der Waals surface area contributed by atoms with Gasteiger partial charge in [0.05, 0.1) is 5.92 Å². The summed E-state index contributed by atoms with van der Waals surface area (Å²) in [6.45, 7) is 5.58. The minimum atomic E-state index is 0.165. The van der Waals surface area contributed by atoms with Crippen LogP contribution in [-0.4, -0.2) is 42.0 Å². The van der Waals surface area contributed by atoms with Crippen molar-refractivity contribution in [3.05, 3.63) is 22.3 Å². The third-order valence-electron chi connectivity index (χ3n) is 4.22. The number of rotatable bonds is 2. The van der Waals surface area contributed by atoms with Gasteiger partial charge in [-0.3, -0.25) is 4.79 Å². The smallest absolute Gasteiger partial charge is 0.229 e. The summed E-state index contributed by atoms with van der Waals surface area (Å²) in [4.78, 5) is 21.1. The van der Waals surface area contributed by atoms with Crippen LogP contribution in [0.1, 0.15) is 24.8 Å². The van der Waals surface area contributed by atoms with Gasteiger partial charge in [-0.1, -0.05) is 0 Å². The quantitative estimate of drug-likeness (QED) is 0.832. The number of nitrogens with zero attached hydrogens (tertiary/aromatic N) is 3. The lowest BCUT2D eigenvalue weighted by atomic mass is 9.96. The molecular formula is C15H20BrN3O. The molecule has 2 aliphatic heterocycles. The predicted molar refractivity (Wildman–Crippen MR) is 82.8 cm³/mol. The van der Waals surface area contributed by atoms with E-state index in [2.05, 4.69) is 38.8 Å². The van der Waals surface area contributed by atoms with Crippen LogP contribution in [0.15, 0.2) is 16.7 Å². The number of hydrogen-bond acceptors (Lipinski definition) is 3. The lowest BCUT2D eigenvalue weighted by Crippen LogP contribution is -2.55. The Kier molecular flexibility index (Phi) is 3.96. The highest BCUT2D eigenvalue weighted by Crippen LogP contribution is 2.28. The Morgan fingerprint density at radius 2 is 2.00 bits per heavy atom. The van der Waals surface area contributed by atoms with E-state index >= 15 is 0 Å². The molecule has 3 heterocycles. The molecule has 108 valence electrons. The van der Waals surface area contributed by atoms with Crippen LogP contribution >= 0.6 is 15.9 Å². The fourth-order valence-electron chi connectivity index (χ4n) is 3.04. The monoisotopic (exact) mass is 337 g/mol. The number of likely N-dealkylation sites (tertiary alicyclic amines) is 1. The summed E-state index contributed by atoms with van der Waals surface area (Å²) >= 11 is 3.43. The van der Waals surface area contributed by atoms with Crippen LogP contribution in [0.2, 0.25) is 0 Å². The van der Waals surface area contributed by atoms with Gasteiger partial charge in [-0.05, 0) is 53.7 Å². The summed E-state index contributed by atoms with van der Waals surface area (Å²) in [5, 5.41) is 0. The molecule has 0 aromatic carbocycles. The Bertz CT molecular complexity index is 508. The van der Waals surface area contributed by atoms with Gasteiger partial charge in [0.2, 0.25) is 5.91 Å². The van der Waals surface area contributed by atoms with Crippen LogP contribution in [0.25, 0.3) is 0 Å². The average molecular weight is 338 g/mol. The Hall–Kier alpha value is -1.10. The summed E-state index contributed by atoms with van der Waals surface area (Å²) < 4.78 is 1.00. The fourth-order valence-corrected chi connectivity index (χ4v) is 3.49. The van der Waals surface area contributed by atoms with E-state index in [4.69, 9.17) is 0 Å². The van der Waals surface area contributed by atoms with E-state index in [1.54, 1.807) is 0 Å². The highest BCUT2D eigenvalue weighted by Gasteiger charge is 2.36. The third-order valence-corrected chi connectivity index (χ3v) is 4.65. The van der Waals surface area contributed by atoms with Gasteiger partial charge in [0.15, 0.2) is 0 Å². The van der Waals surface area contributed by atoms with Crippen molar-refractivity contribution in [3.63, 3.8) is 0 Å². The molecule has 4 nitrogen and oxygen atoms in total. The minimum Gasteiger partial charge on any atom is -0.355 e. The third kappa shape index (κ3) is 2.68. The van der Waals surface area contributed by atoms with Gasteiger partial charge in [0, 0.05) is 36.8 Å². The predicted octanol–water partition coefficient (Wildman–Crippen LogP) is 2.60. The van der Waals surface area contributed by atoms with Crippen LogP contribution in [0, 0.1) is 12.8 Å². The van der Waals surface area contributed by atoms with Crippen molar-refractivity contribution in [2.45, 2.75) is 26.2 Å². The van der Waals surface area contributed by atoms with Gasteiger partial charge in [0.25, 0.3) is 0 Å². The summed E-state index contributed by atoms with van der Waals surface area (Å²) in [6, 6.07) is 2.07. The topological polar surface area (TPSA) is 36.4 Å². The van der Waals surface area contributed by atoms with Crippen molar-refractivity contribution in [1.82, 2.24) is 9.88 Å². The van der Waals surface area contributed by atoms with Gasteiger partial charge >= 0.3 is 0 Å². The van der Waals surface area contributed by atoms with Crippen LogP contribution in [-0.2, 0) is 4.79 Å². The normalized spacial score (nSPS) is 19.9. The molecular weight excluding hydrogens is 318 g/mol. The number of carbonyl (C=O) groups excluding carboxylic acids is 1. The molecule has 20 heavy (non-hydrogen) atoms. The zero-order valence-corrected chi connectivity index (χ0v) is 13.4. The molecule has 0 aliphatic carbocycles. The molecule has 1 aromatic heterocycles. The molecule has 2 fully saturated rings. The molecule has 0 unspecified atom stereocenters. The van der Waals surface area contributed by atoms with Gasteiger partial charge in [-0.25, -0.2) is 4.98 Å². The molecule has 0 radical (unpaired) electrons. The lowest BCUT2D eigenvalue weighted by Gasteiger charge is -2.42. The molecule has 2 saturated heterocycles. The van der Waals surface area contributed by atoms with Crippen molar-refractivity contribution >= 4 is 27.7 Å². The SMILES string of the molecule is Cc1cc(Br)cnc1N1CC(C(=O)N2CCCCC2)C1. The zero-order chi connectivity index (χ0) is 14.1. The number of hydrogen-bond donors (Lipinski definition) is 0. The lowest BCUT2D eigenvalue weighted by molar-refractivity contribution is -0.137. The van der Waals surface area contributed by atoms with E-state index in [-0.39, 0.29) is 5.92 Å². The molecule has 0 bridgehead atoms. The van der Waals surface area contributed by atoms with E-state index in [1.807, 2.05) is 11.1 Å². The second-order valence-corrected chi connectivity index (χ2v) is 6.70. The molecule has 2 aliphatic rings. The zero-order valence-electron chi connectivity index (χ0n) is 11.8. The largest absolute Gasteiger partial charge is 0.355 e. The van der Waals surface area contributed by atoms with E-state index in [9.17, 15) is 4.79 Å². The highest BCUT2D eigenvalue weighted by molar-refractivity contribution is 9.10. The Morgan fingerprint density at radius 3 is 2.65 bits per heavy atom. The Morgan fingerprint density at radius 1 is 1.30 bits per heavy atom. The van der Waals surface area contributed by atoms with E-state index in [0.29, 0.717) is 5.91 Å². The second-order valence-electron chi connectivity index (χ2n) is 5.78. The van der Waals surface area contributed by atoms with Crippen molar-refractivity contribution in [1.29, 1.82) is 0 Å². The number of piperidine rings is 1. The van der Waals surface area contributed by atoms with Gasteiger partial charge in [0.1, 0.15) is 5.82 Å². The van der Waals surface area contributed by atoms with E-state index < -0.39 is 0 Å². The first kappa shape index (κ1) is 13.9. The van der Waals surface area contributed by atoms with Gasteiger partial charge in [-0.15, -0.1) is 0 Å². The Labute approximate surface area is 128 Å².